The first-order valence-corrected chi connectivity index (χ1v) is 8.49. The summed E-state index contributed by atoms with van der Waals surface area (Å²) < 4.78 is 5.51. The number of hydrogen-bond donors (Lipinski definition) is 1. The average molecular weight is 315 g/mol. The van der Waals surface area contributed by atoms with Crippen LogP contribution in [0.2, 0.25) is 0 Å². The van der Waals surface area contributed by atoms with Crippen LogP contribution in [0, 0.1) is 11.8 Å². The Kier molecular flexibility index (Phi) is 5.64. The zero-order valence-electron chi connectivity index (χ0n) is 14.8. The molecule has 1 aromatic carbocycles. The van der Waals surface area contributed by atoms with Crippen LogP contribution in [0.4, 0.5) is 0 Å². The maximum absolute atomic E-state index is 12.6. The van der Waals surface area contributed by atoms with Gasteiger partial charge in [0.15, 0.2) is 0 Å². The van der Waals surface area contributed by atoms with E-state index in [1.165, 1.54) is 5.56 Å². The van der Waals surface area contributed by atoms with Crippen LogP contribution in [0.1, 0.15) is 39.7 Å². The number of carbonyl (C=O) groups excluding carboxylic acids is 1. The third-order valence-corrected chi connectivity index (χ3v) is 4.53. The molecule has 2 rings (SSSR count). The minimum absolute atomic E-state index is 0.0202. The number of rotatable bonds is 8. The van der Waals surface area contributed by atoms with E-state index in [9.17, 15) is 4.79 Å². The molecule has 23 heavy (non-hydrogen) atoms. The Labute approximate surface area is 140 Å². The van der Waals surface area contributed by atoms with Gasteiger partial charge in [-0.2, -0.15) is 0 Å². The second-order valence-electron chi connectivity index (χ2n) is 7.33. The molecule has 1 aliphatic heterocycles. The molecule has 3 heteroatoms. The van der Waals surface area contributed by atoms with E-state index >= 15 is 0 Å². The highest BCUT2D eigenvalue weighted by molar-refractivity contribution is 5.79. The first-order valence-electron chi connectivity index (χ1n) is 8.49. The molecule has 0 aliphatic carbocycles. The van der Waals surface area contributed by atoms with Crippen LogP contribution in [-0.2, 0) is 16.0 Å². The maximum atomic E-state index is 12.6. The minimum Gasteiger partial charge on any atom is -0.365 e. The lowest BCUT2D eigenvalue weighted by atomic mass is 9.89. The van der Waals surface area contributed by atoms with Crippen molar-refractivity contribution in [1.29, 1.82) is 0 Å². The van der Waals surface area contributed by atoms with Gasteiger partial charge >= 0.3 is 0 Å². The van der Waals surface area contributed by atoms with Gasteiger partial charge in [-0.3, -0.25) is 4.79 Å². The molecule has 0 saturated carbocycles. The molecule has 1 N–H and O–H groups in total. The summed E-state index contributed by atoms with van der Waals surface area (Å²) in [5.74, 6) is 0.515. The minimum atomic E-state index is -0.254. The van der Waals surface area contributed by atoms with E-state index in [-0.39, 0.29) is 23.5 Å². The lowest BCUT2D eigenvalue weighted by Gasteiger charge is -2.26. The van der Waals surface area contributed by atoms with Gasteiger partial charge in [-0.15, -0.1) is 0 Å². The lowest BCUT2D eigenvalue weighted by Crippen LogP contribution is -2.43. The Bertz CT molecular complexity index is 546. The number of hydrogen-bond acceptors (Lipinski definition) is 2. The molecule has 3 nitrogen and oxygen atoms in total. The van der Waals surface area contributed by atoms with Gasteiger partial charge in [-0.1, -0.05) is 57.7 Å². The number of carbonyl (C=O) groups is 1. The Morgan fingerprint density at radius 2 is 1.91 bits per heavy atom. The summed E-state index contributed by atoms with van der Waals surface area (Å²) in [5.41, 5.74) is 1.92. The molecule has 1 heterocycles. The Balaban J connectivity index is 1.97. The number of ether oxygens (including phenoxy) is 1. The van der Waals surface area contributed by atoms with Gasteiger partial charge in [0.05, 0.1) is 12.6 Å². The van der Waals surface area contributed by atoms with Gasteiger partial charge in [0.2, 0.25) is 5.91 Å². The molecular formula is C20H29NO2. The van der Waals surface area contributed by atoms with Crippen LogP contribution in [0.25, 0.3) is 0 Å². The zero-order chi connectivity index (χ0) is 17.0. The molecule has 126 valence electrons. The van der Waals surface area contributed by atoms with Crippen molar-refractivity contribution in [3.63, 3.8) is 0 Å². The number of nitrogens with one attached hydrogen (secondary N) is 1. The van der Waals surface area contributed by atoms with Crippen molar-refractivity contribution in [2.75, 3.05) is 6.61 Å². The van der Waals surface area contributed by atoms with Gasteiger partial charge in [-0.05, 0) is 36.8 Å². The summed E-state index contributed by atoms with van der Waals surface area (Å²) in [4.78, 5) is 12.6. The van der Waals surface area contributed by atoms with E-state index in [1.54, 1.807) is 0 Å². The largest absolute Gasteiger partial charge is 0.365 e. The standard InChI is InChI=1S/C20H29NO2/c1-14(2)11-18(16(4)20(5)13-23-20)21-19(22)15(3)12-17-9-7-6-8-10-17/h6-10,14-15,18H,4,11-13H2,1-3,5H3,(H,21,22)/t15-,18-,20?/m0/s1. The second-order valence-corrected chi connectivity index (χ2v) is 7.33. The van der Waals surface area contributed by atoms with Crippen LogP contribution in [0.3, 0.4) is 0 Å². The molecule has 0 spiro atoms. The monoisotopic (exact) mass is 315 g/mol. The second kappa shape index (κ2) is 7.31. The van der Waals surface area contributed by atoms with E-state index in [4.69, 9.17) is 4.74 Å². The summed E-state index contributed by atoms with van der Waals surface area (Å²) in [6.07, 6.45) is 1.64. The molecule has 1 unspecified atom stereocenters. The average Bonchev–Trinajstić information content (AvgIpc) is 3.25. The fourth-order valence-corrected chi connectivity index (χ4v) is 2.80. The molecule has 0 aromatic heterocycles. The van der Waals surface area contributed by atoms with Crippen LogP contribution in [0.5, 0.6) is 0 Å². The topological polar surface area (TPSA) is 41.6 Å². The van der Waals surface area contributed by atoms with Crippen molar-refractivity contribution in [3.8, 4) is 0 Å². The first-order chi connectivity index (χ1) is 10.8. The first kappa shape index (κ1) is 17.7. The third kappa shape index (κ3) is 4.93. The highest BCUT2D eigenvalue weighted by Gasteiger charge is 2.45. The van der Waals surface area contributed by atoms with Crippen molar-refractivity contribution in [2.45, 2.75) is 52.2 Å². The van der Waals surface area contributed by atoms with E-state index in [1.807, 2.05) is 32.0 Å². The van der Waals surface area contributed by atoms with Crippen LogP contribution in [0.15, 0.2) is 42.5 Å². The van der Waals surface area contributed by atoms with E-state index in [0.717, 1.165) is 18.4 Å². The number of benzene rings is 1. The summed E-state index contributed by atoms with van der Waals surface area (Å²) in [6.45, 7) is 13.3. The summed E-state index contributed by atoms with van der Waals surface area (Å²) in [5, 5.41) is 3.20. The fourth-order valence-electron chi connectivity index (χ4n) is 2.80. The zero-order valence-corrected chi connectivity index (χ0v) is 14.8. The smallest absolute Gasteiger partial charge is 0.223 e. The van der Waals surface area contributed by atoms with Gasteiger partial charge in [0.1, 0.15) is 5.60 Å². The Morgan fingerprint density at radius 3 is 2.43 bits per heavy atom. The van der Waals surface area contributed by atoms with Crippen molar-refractivity contribution < 1.29 is 9.53 Å². The van der Waals surface area contributed by atoms with E-state index in [2.05, 4.69) is 37.9 Å². The fraction of sp³-hybridized carbons (Fsp3) is 0.550. The van der Waals surface area contributed by atoms with E-state index < -0.39 is 0 Å². The Hall–Kier alpha value is -1.61. The molecule has 1 fully saturated rings. The summed E-state index contributed by atoms with van der Waals surface area (Å²) in [6, 6.07) is 10.1. The predicted octanol–water partition coefficient (Wildman–Crippen LogP) is 3.74. The van der Waals surface area contributed by atoms with Crippen molar-refractivity contribution in [1.82, 2.24) is 5.32 Å². The molecule has 3 atom stereocenters. The van der Waals surface area contributed by atoms with Gasteiger partial charge in [0, 0.05) is 5.92 Å². The summed E-state index contributed by atoms with van der Waals surface area (Å²) in [7, 11) is 0. The lowest BCUT2D eigenvalue weighted by molar-refractivity contribution is -0.125. The number of epoxide rings is 1. The maximum Gasteiger partial charge on any atom is 0.223 e. The van der Waals surface area contributed by atoms with Gasteiger partial charge < -0.3 is 10.1 Å². The normalized spacial score (nSPS) is 22.5. The summed E-state index contributed by atoms with van der Waals surface area (Å²) >= 11 is 0. The van der Waals surface area contributed by atoms with Crippen LogP contribution >= 0.6 is 0 Å². The highest BCUT2D eigenvalue weighted by Crippen LogP contribution is 2.36. The molecule has 1 aliphatic rings. The Morgan fingerprint density at radius 1 is 1.30 bits per heavy atom. The van der Waals surface area contributed by atoms with Gasteiger partial charge in [0.25, 0.3) is 0 Å². The third-order valence-electron chi connectivity index (χ3n) is 4.53. The SMILES string of the molecule is C=C([C@H](CC(C)C)NC(=O)[C@@H](C)Cc1ccccc1)C1(C)CO1. The molecule has 1 saturated heterocycles. The van der Waals surface area contributed by atoms with Gasteiger partial charge in [-0.25, -0.2) is 0 Å². The van der Waals surface area contributed by atoms with Crippen LogP contribution < -0.4 is 5.32 Å². The quantitative estimate of drug-likeness (QED) is 0.586. The van der Waals surface area contributed by atoms with Crippen LogP contribution in [-0.4, -0.2) is 24.2 Å². The molecule has 1 amide bonds. The predicted molar refractivity (Wildman–Crippen MR) is 94.2 cm³/mol. The highest BCUT2D eigenvalue weighted by atomic mass is 16.6. The molecule has 1 aromatic rings. The van der Waals surface area contributed by atoms with Crippen molar-refractivity contribution in [2.24, 2.45) is 11.8 Å². The molecular weight excluding hydrogens is 286 g/mol. The molecule has 0 radical (unpaired) electrons. The van der Waals surface area contributed by atoms with Crippen molar-refractivity contribution >= 4 is 5.91 Å². The van der Waals surface area contributed by atoms with E-state index in [0.29, 0.717) is 12.5 Å². The molecule has 0 bridgehead atoms. The number of amides is 1. The van der Waals surface area contributed by atoms with Crippen molar-refractivity contribution in [3.05, 3.63) is 48.0 Å².